The molecule has 3 rings (SSSR count). The average molecular weight is 366 g/mol. The van der Waals surface area contributed by atoms with Crippen LogP contribution in [0.3, 0.4) is 0 Å². The summed E-state index contributed by atoms with van der Waals surface area (Å²) in [5.41, 5.74) is 4.89. The highest BCUT2D eigenvalue weighted by Crippen LogP contribution is 2.29. The van der Waals surface area contributed by atoms with Gasteiger partial charge in [-0.25, -0.2) is 18.2 Å². The minimum Gasteiger partial charge on any atom is -0.483 e. The van der Waals surface area contributed by atoms with Crippen molar-refractivity contribution in [2.24, 2.45) is 5.73 Å². The van der Waals surface area contributed by atoms with E-state index in [4.69, 9.17) is 10.5 Å². The first-order chi connectivity index (χ1) is 12.0. The Morgan fingerprint density at radius 2 is 2.16 bits per heavy atom. The summed E-state index contributed by atoms with van der Waals surface area (Å²) < 4.78 is 45.8. The molecule has 1 heterocycles. The Kier molecular flexibility index (Phi) is 4.89. The van der Waals surface area contributed by atoms with Crippen molar-refractivity contribution in [1.29, 1.82) is 0 Å². The molecule has 2 N–H and O–H groups in total. The number of carbonyl (C=O) groups is 1. The van der Waals surface area contributed by atoms with Crippen LogP contribution in [0, 0.1) is 11.6 Å². The van der Waals surface area contributed by atoms with E-state index in [1.54, 1.807) is 6.08 Å². The number of amides is 1. The molecule has 1 unspecified atom stereocenters. The summed E-state index contributed by atoms with van der Waals surface area (Å²) in [6, 6.07) is 2.00. The third-order valence-corrected chi connectivity index (χ3v) is 4.50. The SMILES string of the molecule is NC(=O)c1c(F)ccc(OCc2nc(C3C=CC(F)=CC3)cs2)c1F. The fourth-order valence-electron chi connectivity index (χ4n) is 2.39. The summed E-state index contributed by atoms with van der Waals surface area (Å²) in [5.74, 6) is -3.96. The van der Waals surface area contributed by atoms with Crippen molar-refractivity contribution in [3.8, 4) is 5.75 Å². The van der Waals surface area contributed by atoms with Gasteiger partial charge in [0.15, 0.2) is 11.6 Å². The molecule has 1 aromatic carbocycles. The van der Waals surface area contributed by atoms with Crippen LogP contribution in [0.1, 0.15) is 33.4 Å². The van der Waals surface area contributed by atoms with Crippen molar-refractivity contribution in [3.05, 3.63) is 69.5 Å². The maximum Gasteiger partial charge on any atom is 0.254 e. The summed E-state index contributed by atoms with van der Waals surface area (Å²) in [6.45, 7) is -0.0495. The molecule has 0 bridgehead atoms. The summed E-state index contributed by atoms with van der Waals surface area (Å²) in [4.78, 5) is 15.5. The zero-order chi connectivity index (χ0) is 18.0. The van der Waals surface area contributed by atoms with Crippen LogP contribution in [0.5, 0.6) is 5.75 Å². The number of aromatic nitrogens is 1. The Balaban J connectivity index is 1.70. The molecule has 0 saturated heterocycles. The molecule has 1 amide bonds. The molecule has 0 radical (unpaired) electrons. The zero-order valence-electron chi connectivity index (χ0n) is 12.8. The number of halogens is 3. The molecular weight excluding hydrogens is 353 g/mol. The second-order valence-corrected chi connectivity index (χ2v) is 6.29. The Hall–Kier alpha value is -2.61. The third-order valence-electron chi connectivity index (χ3n) is 3.66. The van der Waals surface area contributed by atoms with Crippen LogP contribution < -0.4 is 10.5 Å². The van der Waals surface area contributed by atoms with Gasteiger partial charge in [-0.2, -0.15) is 0 Å². The highest BCUT2D eigenvalue weighted by molar-refractivity contribution is 7.09. The monoisotopic (exact) mass is 366 g/mol. The molecule has 25 heavy (non-hydrogen) atoms. The quantitative estimate of drug-likeness (QED) is 0.870. The van der Waals surface area contributed by atoms with Crippen molar-refractivity contribution in [2.75, 3.05) is 0 Å². The van der Waals surface area contributed by atoms with E-state index < -0.39 is 23.1 Å². The lowest BCUT2D eigenvalue weighted by atomic mass is 9.98. The number of hydrogen-bond donors (Lipinski definition) is 1. The smallest absolute Gasteiger partial charge is 0.254 e. The van der Waals surface area contributed by atoms with E-state index in [1.807, 2.05) is 5.38 Å². The molecule has 1 aromatic heterocycles. The molecule has 4 nitrogen and oxygen atoms in total. The highest BCUT2D eigenvalue weighted by atomic mass is 32.1. The molecule has 0 aliphatic heterocycles. The van der Waals surface area contributed by atoms with E-state index in [0.717, 1.165) is 17.8 Å². The zero-order valence-corrected chi connectivity index (χ0v) is 13.7. The van der Waals surface area contributed by atoms with Gasteiger partial charge >= 0.3 is 0 Å². The first kappa shape index (κ1) is 17.2. The fraction of sp³-hybridized carbons (Fsp3) is 0.176. The van der Waals surface area contributed by atoms with Crippen LogP contribution in [-0.2, 0) is 6.61 Å². The topological polar surface area (TPSA) is 65.2 Å². The van der Waals surface area contributed by atoms with Crippen molar-refractivity contribution in [3.63, 3.8) is 0 Å². The van der Waals surface area contributed by atoms with Gasteiger partial charge < -0.3 is 10.5 Å². The average Bonchev–Trinajstić information content (AvgIpc) is 3.03. The van der Waals surface area contributed by atoms with Gasteiger partial charge in [-0.3, -0.25) is 4.79 Å². The standard InChI is InChI=1S/C17H13F3N2O2S/c18-10-3-1-9(2-4-10)12-8-25-14(22-12)7-24-13-6-5-11(19)15(16(13)20)17(21)23/h1,3-6,8-9H,2,7H2,(H2,21,23). The third kappa shape index (κ3) is 3.74. The first-order valence-electron chi connectivity index (χ1n) is 7.34. The molecule has 1 aliphatic carbocycles. The van der Waals surface area contributed by atoms with E-state index in [2.05, 4.69) is 4.98 Å². The van der Waals surface area contributed by atoms with Crippen LogP contribution in [0.2, 0.25) is 0 Å². The molecule has 8 heteroatoms. The lowest BCUT2D eigenvalue weighted by Crippen LogP contribution is -2.16. The van der Waals surface area contributed by atoms with Crippen LogP contribution in [0.15, 0.2) is 41.6 Å². The van der Waals surface area contributed by atoms with Gasteiger partial charge in [0.25, 0.3) is 5.91 Å². The molecular formula is C17H13F3N2O2S. The Morgan fingerprint density at radius 3 is 2.84 bits per heavy atom. The van der Waals surface area contributed by atoms with Gasteiger partial charge in [0.05, 0.1) is 5.69 Å². The number of rotatable bonds is 5. The molecule has 130 valence electrons. The molecule has 2 aromatic rings. The van der Waals surface area contributed by atoms with Crippen LogP contribution in [0.4, 0.5) is 13.2 Å². The predicted molar refractivity (Wildman–Crippen MR) is 87.0 cm³/mol. The fourth-order valence-corrected chi connectivity index (χ4v) is 3.15. The van der Waals surface area contributed by atoms with E-state index in [1.165, 1.54) is 23.5 Å². The summed E-state index contributed by atoms with van der Waals surface area (Å²) in [7, 11) is 0. The maximum absolute atomic E-state index is 14.1. The second kappa shape index (κ2) is 7.10. The van der Waals surface area contributed by atoms with Crippen molar-refractivity contribution in [1.82, 2.24) is 4.98 Å². The molecule has 0 saturated carbocycles. The van der Waals surface area contributed by atoms with Gasteiger partial charge in [0.1, 0.15) is 28.8 Å². The number of nitrogens with two attached hydrogens (primary N) is 1. The minimum absolute atomic E-state index is 0.0199. The van der Waals surface area contributed by atoms with E-state index in [0.29, 0.717) is 11.4 Å². The number of carbonyl (C=O) groups excluding carboxylic acids is 1. The van der Waals surface area contributed by atoms with Crippen molar-refractivity contribution < 1.29 is 22.7 Å². The van der Waals surface area contributed by atoms with Gasteiger partial charge in [-0.1, -0.05) is 6.08 Å². The number of benzene rings is 1. The Morgan fingerprint density at radius 1 is 1.36 bits per heavy atom. The van der Waals surface area contributed by atoms with Crippen LogP contribution in [0.25, 0.3) is 0 Å². The number of hydrogen-bond acceptors (Lipinski definition) is 4. The normalized spacial score (nSPS) is 16.6. The number of nitrogens with zero attached hydrogens (tertiary/aromatic N) is 1. The summed E-state index contributed by atoms with van der Waals surface area (Å²) >= 11 is 1.31. The molecule has 0 fully saturated rings. The molecule has 0 spiro atoms. The van der Waals surface area contributed by atoms with Crippen molar-refractivity contribution in [2.45, 2.75) is 18.9 Å². The summed E-state index contributed by atoms with van der Waals surface area (Å²) in [6.07, 6.45) is 5.12. The van der Waals surface area contributed by atoms with Gasteiger partial charge in [0, 0.05) is 11.3 Å². The van der Waals surface area contributed by atoms with Crippen LogP contribution in [-0.4, -0.2) is 10.9 Å². The lowest BCUT2D eigenvalue weighted by Gasteiger charge is -2.10. The minimum atomic E-state index is -1.21. The Labute approximate surface area is 145 Å². The maximum atomic E-state index is 14.1. The number of primary amides is 1. The van der Waals surface area contributed by atoms with Crippen LogP contribution >= 0.6 is 11.3 Å². The number of ether oxygens (including phenoxy) is 1. The largest absolute Gasteiger partial charge is 0.483 e. The second-order valence-electron chi connectivity index (χ2n) is 5.34. The molecule has 1 atom stereocenters. The van der Waals surface area contributed by atoms with Gasteiger partial charge in [-0.05, 0) is 30.7 Å². The van der Waals surface area contributed by atoms with Gasteiger partial charge in [0.2, 0.25) is 0 Å². The van der Waals surface area contributed by atoms with Crippen molar-refractivity contribution >= 4 is 17.2 Å². The number of thiazole rings is 1. The highest BCUT2D eigenvalue weighted by Gasteiger charge is 2.20. The summed E-state index contributed by atoms with van der Waals surface area (Å²) in [5, 5.41) is 2.39. The van der Waals surface area contributed by atoms with Gasteiger partial charge in [-0.15, -0.1) is 11.3 Å². The predicted octanol–water partition coefficient (Wildman–Crippen LogP) is 4.00. The lowest BCUT2D eigenvalue weighted by molar-refractivity contribution is 0.0991. The number of allylic oxidation sites excluding steroid dienone is 4. The molecule has 1 aliphatic rings. The van der Waals surface area contributed by atoms with E-state index in [-0.39, 0.29) is 24.1 Å². The Bertz CT molecular complexity index is 877. The first-order valence-corrected chi connectivity index (χ1v) is 8.22. The van der Waals surface area contributed by atoms with E-state index in [9.17, 15) is 18.0 Å². The van der Waals surface area contributed by atoms with E-state index >= 15 is 0 Å².